The summed E-state index contributed by atoms with van der Waals surface area (Å²) < 4.78 is 5.60. The zero-order chi connectivity index (χ0) is 10.4. The van der Waals surface area contributed by atoms with E-state index in [0.717, 1.165) is 25.7 Å². The van der Waals surface area contributed by atoms with Crippen LogP contribution < -0.4 is 0 Å². The summed E-state index contributed by atoms with van der Waals surface area (Å²) in [5.74, 6) is -0.964. The molecule has 0 saturated carbocycles. The molecule has 0 amide bonds. The van der Waals surface area contributed by atoms with Gasteiger partial charge in [-0.15, -0.1) is 0 Å². The van der Waals surface area contributed by atoms with Gasteiger partial charge in [0.05, 0.1) is 6.10 Å². The van der Waals surface area contributed by atoms with Crippen LogP contribution in [0, 0.1) is 0 Å². The normalized spacial score (nSPS) is 31.2. The molecule has 0 aromatic heterocycles. The smallest absolute Gasteiger partial charge is 0.185 e. The molecule has 1 aliphatic heterocycles. The largest absolute Gasteiger partial charge is 0.362 e. The average molecular weight is 198 g/mol. The van der Waals surface area contributed by atoms with E-state index in [2.05, 4.69) is 13.8 Å². The molecule has 1 aliphatic rings. The minimum Gasteiger partial charge on any atom is -0.362 e. The van der Waals surface area contributed by atoms with Gasteiger partial charge in [0.25, 0.3) is 0 Å². The molecule has 14 heavy (non-hydrogen) atoms. The van der Waals surface area contributed by atoms with Crippen LogP contribution in [0.4, 0.5) is 0 Å². The highest BCUT2D eigenvalue weighted by atomic mass is 16.6. The van der Waals surface area contributed by atoms with Crippen LogP contribution in [-0.4, -0.2) is 17.0 Å². The molecular weight excluding hydrogens is 176 g/mol. The number of unbranched alkanes of at least 4 members (excludes halogenated alkanes) is 2. The lowest BCUT2D eigenvalue weighted by Gasteiger charge is -2.22. The van der Waals surface area contributed by atoms with Crippen molar-refractivity contribution >= 4 is 0 Å². The van der Waals surface area contributed by atoms with Gasteiger partial charge in [-0.1, -0.05) is 39.2 Å². The summed E-state index contributed by atoms with van der Waals surface area (Å²) in [6.45, 7) is 4.29. The minimum atomic E-state index is -0.964. The predicted molar refractivity (Wildman–Crippen MR) is 58.0 cm³/mol. The molecule has 0 spiro atoms. The second-order valence-electron chi connectivity index (χ2n) is 4.11. The van der Waals surface area contributed by atoms with Gasteiger partial charge in [-0.05, 0) is 18.9 Å². The fourth-order valence-corrected chi connectivity index (χ4v) is 1.73. The molecule has 2 unspecified atom stereocenters. The van der Waals surface area contributed by atoms with Gasteiger partial charge in [-0.2, -0.15) is 0 Å². The molecule has 1 rings (SSSR count). The van der Waals surface area contributed by atoms with Crippen LogP contribution in [0.3, 0.4) is 0 Å². The summed E-state index contributed by atoms with van der Waals surface area (Å²) in [6.07, 6.45) is 10.2. The van der Waals surface area contributed by atoms with E-state index in [0.29, 0.717) is 0 Å². The molecule has 2 atom stereocenters. The van der Waals surface area contributed by atoms with Crippen LogP contribution in [0.25, 0.3) is 0 Å². The lowest BCUT2D eigenvalue weighted by molar-refractivity contribution is -0.177. The average Bonchev–Trinajstić information content (AvgIpc) is 2.55. The quantitative estimate of drug-likeness (QED) is 0.665. The Morgan fingerprint density at radius 1 is 1.29 bits per heavy atom. The molecule has 0 saturated heterocycles. The maximum absolute atomic E-state index is 9.98. The van der Waals surface area contributed by atoms with Crippen LogP contribution in [0.1, 0.15) is 52.4 Å². The standard InChI is InChI=1S/C12H22O2/c1-3-5-7-11-8-10-12(13,14-11)9-6-4-2/h8,10-11,13H,3-7,9H2,1-2H3. The molecule has 0 bridgehead atoms. The molecule has 0 aromatic rings. The Kier molecular flexibility index (Phi) is 4.63. The van der Waals surface area contributed by atoms with Crippen LogP contribution in [-0.2, 0) is 4.74 Å². The molecule has 0 aromatic carbocycles. The Balaban J connectivity index is 2.29. The van der Waals surface area contributed by atoms with Crippen molar-refractivity contribution in [3.63, 3.8) is 0 Å². The van der Waals surface area contributed by atoms with E-state index in [4.69, 9.17) is 4.74 Å². The second kappa shape index (κ2) is 5.52. The number of hydrogen-bond donors (Lipinski definition) is 1. The first-order chi connectivity index (χ1) is 6.70. The van der Waals surface area contributed by atoms with Crippen LogP contribution in [0.2, 0.25) is 0 Å². The predicted octanol–water partition coefficient (Wildman–Crippen LogP) is 3.01. The van der Waals surface area contributed by atoms with Crippen molar-refractivity contribution in [3.05, 3.63) is 12.2 Å². The lowest BCUT2D eigenvalue weighted by atomic mass is 10.1. The molecule has 2 heteroatoms. The molecule has 0 fully saturated rings. The van der Waals surface area contributed by atoms with E-state index in [1.54, 1.807) is 0 Å². The maximum atomic E-state index is 9.98. The van der Waals surface area contributed by atoms with Crippen molar-refractivity contribution in [3.8, 4) is 0 Å². The summed E-state index contributed by atoms with van der Waals surface area (Å²) in [4.78, 5) is 0. The van der Waals surface area contributed by atoms with Gasteiger partial charge >= 0.3 is 0 Å². The first kappa shape index (κ1) is 11.7. The SMILES string of the molecule is CCCCC1C=CC(O)(CCCC)O1. The molecule has 2 nitrogen and oxygen atoms in total. The van der Waals surface area contributed by atoms with Crippen molar-refractivity contribution in [1.29, 1.82) is 0 Å². The van der Waals surface area contributed by atoms with Crippen LogP contribution in [0.15, 0.2) is 12.2 Å². The van der Waals surface area contributed by atoms with Crippen LogP contribution in [0.5, 0.6) is 0 Å². The monoisotopic (exact) mass is 198 g/mol. The van der Waals surface area contributed by atoms with E-state index in [-0.39, 0.29) is 6.10 Å². The summed E-state index contributed by atoms with van der Waals surface area (Å²) in [7, 11) is 0. The Bertz CT molecular complexity index is 189. The Morgan fingerprint density at radius 2 is 2.00 bits per heavy atom. The van der Waals surface area contributed by atoms with Gasteiger partial charge < -0.3 is 9.84 Å². The molecular formula is C12H22O2. The Hall–Kier alpha value is -0.340. The zero-order valence-corrected chi connectivity index (χ0v) is 9.33. The minimum absolute atomic E-state index is 0.136. The number of rotatable bonds is 6. The third kappa shape index (κ3) is 3.43. The third-order valence-corrected chi connectivity index (χ3v) is 2.66. The summed E-state index contributed by atoms with van der Waals surface area (Å²) >= 11 is 0. The lowest BCUT2D eigenvalue weighted by Crippen LogP contribution is -2.28. The molecule has 0 radical (unpaired) electrons. The van der Waals surface area contributed by atoms with E-state index >= 15 is 0 Å². The van der Waals surface area contributed by atoms with Gasteiger partial charge in [-0.25, -0.2) is 0 Å². The zero-order valence-electron chi connectivity index (χ0n) is 9.33. The molecule has 82 valence electrons. The van der Waals surface area contributed by atoms with Crippen molar-refractivity contribution in [1.82, 2.24) is 0 Å². The van der Waals surface area contributed by atoms with E-state index in [1.807, 2.05) is 12.2 Å². The molecule has 1 N–H and O–H groups in total. The highest BCUT2D eigenvalue weighted by molar-refractivity contribution is 5.06. The molecule has 1 heterocycles. The highest BCUT2D eigenvalue weighted by Crippen LogP contribution is 2.28. The van der Waals surface area contributed by atoms with Crippen LogP contribution >= 0.6 is 0 Å². The van der Waals surface area contributed by atoms with Gasteiger partial charge in [0.1, 0.15) is 0 Å². The van der Waals surface area contributed by atoms with Gasteiger partial charge in [-0.3, -0.25) is 0 Å². The van der Waals surface area contributed by atoms with Gasteiger partial charge in [0.2, 0.25) is 0 Å². The first-order valence-electron chi connectivity index (χ1n) is 5.79. The highest BCUT2D eigenvalue weighted by Gasteiger charge is 2.31. The second-order valence-corrected chi connectivity index (χ2v) is 4.11. The van der Waals surface area contributed by atoms with Crippen molar-refractivity contribution in [2.45, 2.75) is 64.3 Å². The Morgan fingerprint density at radius 3 is 2.64 bits per heavy atom. The summed E-state index contributed by atoms with van der Waals surface area (Å²) in [5.41, 5.74) is 0. The molecule has 0 aliphatic carbocycles. The van der Waals surface area contributed by atoms with Gasteiger partial charge in [0.15, 0.2) is 5.79 Å². The number of ether oxygens (including phenoxy) is 1. The number of aliphatic hydroxyl groups is 1. The summed E-state index contributed by atoms with van der Waals surface area (Å²) in [6, 6.07) is 0. The van der Waals surface area contributed by atoms with Crippen molar-refractivity contribution in [2.75, 3.05) is 0 Å². The fraction of sp³-hybridized carbons (Fsp3) is 0.833. The fourth-order valence-electron chi connectivity index (χ4n) is 1.73. The topological polar surface area (TPSA) is 29.5 Å². The third-order valence-electron chi connectivity index (χ3n) is 2.66. The first-order valence-corrected chi connectivity index (χ1v) is 5.79. The Labute approximate surface area is 87.0 Å². The van der Waals surface area contributed by atoms with Crippen molar-refractivity contribution < 1.29 is 9.84 Å². The van der Waals surface area contributed by atoms with E-state index in [9.17, 15) is 5.11 Å². The van der Waals surface area contributed by atoms with Crippen molar-refractivity contribution in [2.24, 2.45) is 0 Å². The van der Waals surface area contributed by atoms with E-state index in [1.165, 1.54) is 12.8 Å². The van der Waals surface area contributed by atoms with Gasteiger partial charge in [0, 0.05) is 6.42 Å². The number of hydrogen-bond acceptors (Lipinski definition) is 2. The maximum Gasteiger partial charge on any atom is 0.185 e. The van der Waals surface area contributed by atoms with E-state index < -0.39 is 5.79 Å². The summed E-state index contributed by atoms with van der Waals surface area (Å²) in [5, 5.41) is 9.98.